The Bertz CT molecular complexity index is 735. The van der Waals surface area contributed by atoms with E-state index in [4.69, 9.17) is 5.73 Å². The van der Waals surface area contributed by atoms with Crippen LogP contribution >= 0.6 is 0 Å². The van der Waals surface area contributed by atoms with Crippen LogP contribution < -0.4 is 11.1 Å². The Morgan fingerprint density at radius 2 is 1.88 bits per heavy atom. The topological polar surface area (TPSA) is 41.3 Å². The van der Waals surface area contributed by atoms with Crippen molar-refractivity contribution in [2.24, 2.45) is 5.92 Å². The molecule has 130 valence electrons. The Balaban J connectivity index is 1.47. The molecule has 2 aromatic carbocycles. The van der Waals surface area contributed by atoms with Crippen LogP contribution in [-0.2, 0) is 6.42 Å². The molecule has 0 aromatic heterocycles. The maximum Gasteiger partial charge on any atom is 0.0605 e. The number of likely N-dealkylation sites (tertiary alicyclic amines) is 1. The second-order valence-electron chi connectivity index (χ2n) is 6.76. The molecule has 1 aliphatic rings. The van der Waals surface area contributed by atoms with Gasteiger partial charge in [-0.15, -0.1) is 0 Å². The fourth-order valence-corrected chi connectivity index (χ4v) is 3.40. The third-order valence-electron chi connectivity index (χ3n) is 4.93. The van der Waals surface area contributed by atoms with Gasteiger partial charge in [-0.2, -0.15) is 0 Å². The molecule has 0 amide bonds. The van der Waals surface area contributed by atoms with Crippen LogP contribution in [0.3, 0.4) is 0 Å². The van der Waals surface area contributed by atoms with E-state index in [0.29, 0.717) is 0 Å². The zero-order valence-electron chi connectivity index (χ0n) is 15.0. The van der Waals surface area contributed by atoms with Crippen molar-refractivity contribution in [2.75, 3.05) is 37.7 Å². The Labute approximate surface area is 151 Å². The molecule has 3 nitrogen and oxygen atoms in total. The van der Waals surface area contributed by atoms with Crippen LogP contribution in [0.5, 0.6) is 0 Å². The van der Waals surface area contributed by atoms with Crippen molar-refractivity contribution in [1.29, 1.82) is 0 Å². The highest BCUT2D eigenvalue weighted by Crippen LogP contribution is 2.21. The molecule has 0 radical (unpaired) electrons. The number of hydrogen-bond acceptors (Lipinski definition) is 3. The normalized spacial score (nSPS) is 15.4. The van der Waals surface area contributed by atoms with E-state index in [1.807, 2.05) is 25.2 Å². The van der Waals surface area contributed by atoms with Crippen LogP contribution in [0.1, 0.15) is 24.0 Å². The Morgan fingerprint density at radius 1 is 1.12 bits per heavy atom. The van der Waals surface area contributed by atoms with Gasteiger partial charge in [-0.05, 0) is 62.0 Å². The molecular weight excluding hydrogens is 306 g/mol. The van der Waals surface area contributed by atoms with Gasteiger partial charge in [0, 0.05) is 12.6 Å². The molecular formula is C22H27N3. The molecule has 0 unspecified atom stereocenters. The minimum absolute atomic E-state index is 0.758. The second kappa shape index (κ2) is 8.60. The van der Waals surface area contributed by atoms with E-state index in [-0.39, 0.29) is 0 Å². The smallest absolute Gasteiger partial charge is 0.0605 e. The first-order chi connectivity index (χ1) is 12.2. The highest BCUT2D eigenvalue weighted by atomic mass is 15.1. The lowest BCUT2D eigenvalue weighted by atomic mass is 9.90. The number of nitrogens with two attached hydrogens (primary N) is 1. The van der Waals surface area contributed by atoms with Crippen molar-refractivity contribution >= 4 is 11.4 Å². The van der Waals surface area contributed by atoms with Gasteiger partial charge in [0.05, 0.1) is 17.9 Å². The number of piperidine rings is 1. The average Bonchev–Trinajstić information content (AvgIpc) is 2.65. The van der Waals surface area contributed by atoms with Gasteiger partial charge in [0.15, 0.2) is 0 Å². The van der Waals surface area contributed by atoms with E-state index in [0.717, 1.165) is 42.5 Å². The van der Waals surface area contributed by atoms with Crippen molar-refractivity contribution < 1.29 is 0 Å². The zero-order chi connectivity index (χ0) is 17.5. The highest BCUT2D eigenvalue weighted by molar-refractivity contribution is 5.68. The number of hydrogen-bond donors (Lipinski definition) is 2. The molecule has 2 aromatic rings. The fraction of sp³-hybridized carbons (Fsp3) is 0.364. The van der Waals surface area contributed by atoms with Crippen LogP contribution in [0, 0.1) is 17.8 Å². The molecule has 1 aliphatic heterocycles. The number of nitrogen functional groups attached to an aromatic ring is 1. The van der Waals surface area contributed by atoms with Gasteiger partial charge >= 0.3 is 0 Å². The van der Waals surface area contributed by atoms with Gasteiger partial charge in [-0.25, -0.2) is 0 Å². The Morgan fingerprint density at radius 3 is 2.60 bits per heavy atom. The molecule has 0 atom stereocenters. The van der Waals surface area contributed by atoms with E-state index in [2.05, 4.69) is 52.4 Å². The lowest BCUT2D eigenvalue weighted by molar-refractivity contribution is 0.203. The second-order valence-corrected chi connectivity index (χ2v) is 6.76. The largest absolute Gasteiger partial charge is 0.397 e. The fourth-order valence-electron chi connectivity index (χ4n) is 3.40. The van der Waals surface area contributed by atoms with Gasteiger partial charge in [0.25, 0.3) is 0 Å². The highest BCUT2D eigenvalue weighted by Gasteiger charge is 2.18. The molecule has 25 heavy (non-hydrogen) atoms. The number of nitrogens with zero attached hydrogens (tertiary/aromatic N) is 1. The molecule has 1 heterocycles. The van der Waals surface area contributed by atoms with Gasteiger partial charge < -0.3 is 11.1 Å². The van der Waals surface area contributed by atoms with Gasteiger partial charge in [-0.3, -0.25) is 4.90 Å². The molecule has 3 rings (SSSR count). The predicted molar refractivity (Wildman–Crippen MR) is 107 cm³/mol. The first kappa shape index (κ1) is 17.4. The molecule has 1 fully saturated rings. The summed E-state index contributed by atoms with van der Waals surface area (Å²) in [6, 6.07) is 16.7. The standard InChI is InChI=1S/C22H27N3/c1-24-22-17-19(9-10-21(22)23)8-5-13-25-14-11-20(12-15-25)16-18-6-3-2-4-7-18/h2-4,6-7,9-10,17,20,24H,11-16,23H2,1H3. The molecule has 3 heteroatoms. The van der Waals surface area contributed by atoms with Crippen molar-refractivity contribution in [3.05, 3.63) is 59.7 Å². The average molecular weight is 333 g/mol. The third kappa shape index (κ3) is 5.01. The molecule has 0 spiro atoms. The summed E-state index contributed by atoms with van der Waals surface area (Å²) in [6.45, 7) is 3.14. The SMILES string of the molecule is CNc1cc(C#CCN2CCC(Cc3ccccc3)CC2)ccc1N. The number of benzene rings is 2. The van der Waals surface area contributed by atoms with Crippen molar-refractivity contribution in [3.8, 4) is 11.8 Å². The molecule has 0 saturated carbocycles. The van der Waals surface area contributed by atoms with Gasteiger partial charge in [-0.1, -0.05) is 42.2 Å². The maximum atomic E-state index is 5.89. The maximum absolute atomic E-state index is 5.89. The number of anilines is 2. The third-order valence-corrected chi connectivity index (χ3v) is 4.93. The van der Waals surface area contributed by atoms with Crippen LogP contribution in [0.25, 0.3) is 0 Å². The summed E-state index contributed by atoms with van der Waals surface area (Å²) in [5, 5.41) is 3.10. The first-order valence-corrected chi connectivity index (χ1v) is 9.07. The van der Waals surface area contributed by atoms with Crippen molar-refractivity contribution in [2.45, 2.75) is 19.3 Å². The number of nitrogens with one attached hydrogen (secondary N) is 1. The van der Waals surface area contributed by atoms with Gasteiger partial charge in [0.1, 0.15) is 0 Å². The lowest BCUT2D eigenvalue weighted by Gasteiger charge is -2.30. The van der Waals surface area contributed by atoms with Crippen LogP contribution in [0.2, 0.25) is 0 Å². The Hall–Kier alpha value is -2.44. The minimum Gasteiger partial charge on any atom is -0.397 e. The summed E-state index contributed by atoms with van der Waals surface area (Å²) in [7, 11) is 1.88. The van der Waals surface area contributed by atoms with E-state index in [1.165, 1.54) is 24.8 Å². The van der Waals surface area contributed by atoms with Crippen molar-refractivity contribution in [3.63, 3.8) is 0 Å². The van der Waals surface area contributed by atoms with Crippen LogP contribution in [0.15, 0.2) is 48.5 Å². The van der Waals surface area contributed by atoms with E-state index in [9.17, 15) is 0 Å². The monoisotopic (exact) mass is 333 g/mol. The van der Waals surface area contributed by atoms with Gasteiger partial charge in [0.2, 0.25) is 0 Å². The zero-order valence-corrected chi connectivity index (χ0v) is 15.0. The van der Waals surface area contributed by atoms with E-state index >= 15 is 0 Å². The summed E-state index contributed by atoms with van der Waals surface area (Å²) in [5.74, 6) is 7.38. The Kier molecular flexibility index (Phi) is 5.98. The molecule has 1 saturated heterocycles. The van der Waals surface area contributed by atoms with Crippen LogP contribution in [-0.4, -0.2) is 31.6 Å². The molecule has 0 bridgehead atoms. The van der Waals surface area contributed by atoms with Crippen molar-refractivity contribution in [1.82, 2.24) is 4.90 Å². The molecule has 3 N–H and O–H groups in total. The summed E-state index contributed by atoms with van der Waals surface area (Å²) >= 11 is 0. The lowest BCUT2D eigenvalue weighted by Crippen LogP contribution is -2.34. The van der Waals surface area contributed by atoms with E-state index in [1.54, 1.807) is 0 Å². The van der Waals surface area contributed by atoms with E-state index < -0.39 is 0 Å². The first-order valence-electron chi connectivity index (χ1n) is 9.07. The minimum atomic E-state index is 0.758. The summed E-state index contributed by atoms with van der Waals surface area (Å²) < 4.78 is 0. The summed E-state index contributed by atoms with van der Waals surface area (Å²) in [6.07, 6.45) is 3.74. The quantitative estimate of drug-likeness (QED) is 0.663. The predicted octanol–water partition coefficient (Wildman–Crippen LogP) is 3.62. The summed E-state index contributed by atoms with van der Waals surface area (Å²) in [5.41, 5.74) is 10.1. The summed E-state index contributed by atoms with van der Waals surface area (Å²) in [4.78, 5) is 2.46. The number of rotatable bonds is 4. The van der Waals surface area contributed by atoms with Crippen LogP contribution in [0.4, 0.5) is 11.4 Å². The molecule has 0 aliphatic carbocycles.